The average Bonchev–Trinajstić information content (AvgIpc) is 2.89. The maximum Gasteiger partial charge on any atom is 0.276 e. The third-order valence-electron chi connectivity index (χ3n) is 2.49. The monoisotopic (exact) mass is 230 g/mol. The van der Waals surface area contributed by atoms with Crippen LogP contribution in [0.2, 0.25) is 0 Å². The molecule has 1 aliphatic rings. The molecule has 15 heavy (non-hydrogen) atoms. The van der Waals surface area contributed by atoms with Crippen molar-refractivity contribution in [2.45, 2.75) is 17.9 Å². The third-order valence-corrected chi connectivity index (χ3v) is 4.26. The lowest BCUT2D eigenvalue weighted by Crippen LogP contribution is -2.27. The van der Waals surface area contributed by atoms with Crippen molar-refractivity contribution < 1.29 is 12.8 Å². The highest BCUT2D eigenvalue weighted by Gasteiger charge is 2.29. The summed E-state index contributed by atoms with van der Waals surface area (Å²) in [5.74, 6) is 0.466. The molecule has 0 aliphatic carbocycles. The second-order valence-corrected chi connectivity index (χ2v) is 5.35. The highest BCUT2D eigenvalue weighted by Crippen LogP contribution is 2.24. The zero-order valence-corrected chi connectivity index (χ0v) is 9.38. The van der Waals surface area contributed by atoms with E-state index in [1.54, 1.807) is 13.1 Å². The van der Waals surface area contributed by atoms with Gasteiger partial charge in [-0.3, -0.25) is 0 Å². The second kappa shape index (κ2) is 3.86. The maximum absolute atomic E-state index is 12.0. The molecule has 0 atom stereocenters. The van der Waals surface area contributed by atoms with Gasteiger partial charge in [-0.1, -0.05) is 0 Å². The molecule has 1 aliphatic heterocycles. The van der Waals surface area contributed by atoms with E-state index in [-0.39, 0.29) is 5.09 Å². The van der Waals surface area contributed by atoms with Crippen LogP contribution in [0.5, 0.6) is 0 Å². The molecule has 0 radical (unpaired) electrons. The zero-order valence-electron chi connectivity index (χ0n) is 8.56. The van der Waals surface area contributed by atoms with E-state index in [2.05, 4.69) is 5.32 Å². The fourth-order valence-electron chi connectivity index (χ4n) is 1.65. The van der Waals surface area contributed by atoms with Crippen molar-refractivity contribution in [3.63, 3.8) is 0 Å². The number of furan rings is 1. The van der Waals surface area contributed by atoms with Gasteiger partial charge in [-0.15, -0.1) is 0 Å². The van der Waals surface area contributed by atoms with Crippen molar-refractivity contribution in [3.8, 4) is 0 Å². The number of nitrogens with one attached hydrogen (secondary N) is 1. The Morgan fingerprint density at radius 3 is 2.53 bits per heavy atom. The first kappa shape index (κ1) is 10.5. The summed E-state index contributed by atoms with van der Waals surface area (Å²) in [7, 11) is -1.72. The molecular weight excluding hydrogens is 216 g/mol. The van der Waals surface area contributed by atoms with Crippen LogP contribution in [-0.2, 0) is 10.0 Å². The average molecular weight is 230 g/mol. The highest BCUT2D eigenvalue weighted by atomic mass is 32.2. The van der Waals surface area contributed by atoms with Gasteiger partial charge in [0.25, 0.3) is 10.0 Å². The minimum atomic E-state index is -3.40. The summed E-state index contributed by atoms with van der Waals surface area (Å²) in [5.41, 5.74) is 0. The van der Waals surface area contributed by atoms with Crippen LogP contribution in [0.3, 0.4) is 0 Å². The summed E-state index contributed by atoms with van der Waals surface area (Å²) in [6.07, 6.45) is 1.86. The summed E-state index contributed by atoms with van der Waals surface area (Å²) in [4.78, 5) is 0. The first-order valence-corrected chi connectivity index (χ1v) is 6.36. The minimum absolute atomic E-state index is 0.0220. The molecular formula is C9H14N2O3S. The van der Waals surface area contributed by atoms with Crippen molar-refractivity contribution >= 4 is 15.9 Å². The fraction of sp³-hybridized carbons (Fsp3) is 0.556. The van der Waals surface area contributed by atoms with E-state index >= 15 is 0 Å². The predicted molar refractivity (Wildman–Crippen MR) is 56.2 cm³/mol. The first-order chi connectivity index (χ1) is 7.14. The van der Waals surface area contributed by atoms with Gasteiger partial charge in [0.2, 0.25) is 5.09 Å². The van der Waals surface area contributed by atoms with Gasteiger partial charge in [0.15, 0.2) is 5.88 Å². The van der Waals surface area contributed by atoms with Crippen LogP contribution >= 0.6 is 0 Å². The summed E-state index contributed by atoms with van der Waals surface area (Å²) >= 11 is 0. The topological polar surface area (TPSA) is 62.6 Å². The van der Waals surface area contributed by atoms with Crippen LogP contribution < -0.4 is 5.32 Å². The van der Waals surface area contributed by atoms with Gasteiger partial charge < -0.3 is 9.73 Å². The molecule has 6 heteroatoms. The van der Waals surface area contributed by atoms with Crippen LogP contribution in [0.1, 0.15) is 12.8 Å². The largest absolute Gasteiger partial charge is 0.428 e. The van der Waals surface area contributed by atoms with Crippen LogP contribution in [0.25, 0.3) is 0 Å². The number of hydrogen-bond donors (Lipinski definition) is 1. The molecule has 0 saturated carbocycles. The molecule has 5 nitrogen and oxygen atoms in total. The van der Waals surface area contributed by atoms with E-state index in [4.69, 9.17) is 4.42 Å². The van der Waals surface area contributed by atoms with E-state index in [0.29, 0.717) is 19.0 Å². The van der Waals surface area contributed by atoms with E-state index in [9.17, 15) is 8.42 Å². The number of anilines is 1. The van der Waals surface area contributed by atoms with Crippen LogP contribution in [0.4, 0.5) is 5.88 Å². The van der Waals surface area contributed by atoms with E-state index in [1.807, 2.05) is 0 Å². The summed E-state index contributed by atoms with van der Waals surface area (Å²) in [5, 5.41) is 2.78. The Morgan fingerprint density at radius 1 is 1.33 bits per heavy atom. The smallest absolute Gasteiger partial charge is 0.276 e. The fourth-order valence-corrected chi connectivity index (χ4v) is 3.08. The molecule has 0 aromatic carbocycles. The number of sulfonamides is 1. The van der Waals surface area contributed by atoms with Crippen molar-refractivity contribution in [2.75, 3.05) is 25.5 Å². The Hall–Kier alpha value is -1.01. The Labute approximate surface area is 89.1 Å². The minimum Gasteiger partial charge on any atom is -0.428 e. The van der Waals surface area contributed by atoms with Gasteiger partial charge in [-0.25, -0.2) is 8.42 Å². The molecule has 0 unspecified atom stereocenters. The van der Waals surface area contributed by atoms with Crippen molar-refractivity contribution in [2.24, 2.45) is 0 Å². The maximum atomic E-state index is 12.0. The number of rotatable bonds is 3. The number of nitrogens with zero attached hydrogens (tertiary/aromatic N) is 1. The van der Waals surface area contributed by atoms with Crippen molar-refractivity contribution in [1.82, 2.24) is 4.31 Å². The lowest BCUT2D eigenvalue weighted by Gasteiger charge is -2.12. The lowest BCUT2D eigenvalue weighted by molar-refractivity contribution is 0.418. The van der Waals surface area contributed by atoms with E-state index in [0.717, 1.165) is 12.8 Å². The van der Waals surface area contributed by atoms with Gasteiger partial charge in [-0.05, 0) is 18.9 Å². The van der Waals surface area contributed by atoms with Crippen LogP contribution in [0.15, 0.2) is 21.6 Å². The Morgan fingerprint density at radius 2 is 2.00 bits per heavy atom. The Balaban J connectivity index is 2.28. The first-order valence-electron chi connectivity index (χ1n) is 4.92. The third kappa shape index (κ3) is 1.87. The predicted octanol–water partition coefficient (Wildman–Crippen LogP) is 1.11. The quantitative estimate of drug-likeness (QED) is 0.844. The highest BCUT2D eigenvalue weighted by molar-refractivity contribution is 7.89. The molecule has 2 heterocycles. The van der Waals surface area contributed by atoms with Gasteiger partial charge in [0, 0.05) is 26.2 Å². The SMILES string of the molecule is CNc1ccc(S(=O)(=O)N2CCCC2)o1. The van der Waals surface area contributed by atoms with Crippen LogP contribution in [-0.4, -0.2) is 32.9 Å². The van der Waals surface area contributed by atoms with Gasteiger partial charge >= 0.3 is 0 Å². The van der Waals surface area contributed by atoms with E-state index in [1.165, 1.54) is 10.4 Å². The Bertz CT molecular complexity index is 432. The normalized spacial score (nSPS) is 18.2. The van der Waals surface area contributed by atoms with E-state index < -0.39 is 10.0 Å². The molecule has 1 aromatic heterocycles. The van der Waals surface area contributed by atoms with Gasteiger partial charge in [-0.2, -0.15) is 4.31 Å². The van der Waals surface area contributed by atoms with Crippen molar-refractivity contribution in [1.29, 1.82) is 0 Å². The van der Waals surface area contributed by atoms with Gasteiger partial charge in [0.05, 0.1) is 0 Å². The van der Waals surface area contributed by atoms with Crippen LogP contribution in [0, 0.1) is 0 Å². The molecule has 0 bridgehead atoms. The molecule has 84 valence electrons. The standard InChI is InChI=1S/C9H14N2O3S/c1-10-8-4-5-9(14-8)15(12,13)11-6-2-3-7-11/h4-5,10H,2-3,6-7H2,1H3. The molecule has 2 rings (SSSR count). The van der Waals surface area contributed by atoms with Crippen molar-refractivity contribution in [3.05, 3.63) is 12.1 Å². The molecule has 0 spiro atoms. The molecule has 0 amide bonds. The molecule has 1 N–H and O–H groups in total. The number of hydrogen-bond acceptors (Lipinski definition) is 4. The summed E-state index contributed by atoms with van der Waals surface area (Å²) in [6.45, 7) is 1.19. The molecule has 1 fully saturated rings. The Kier molecular flexibility index (Phi) is 2.70. The summed E-state index contributed by atoms with van der Waals surface area (Å²) < 4.78 is 30.6. The zero-order chi connectivity index (χ0) is 10.9. The molecule has 1 saturated heterocycles. The lowest BCUT2D eigenvalue weighted by atomic mass is 10.4. The summed E-state index contributed by atoms with van der Waals surface area (Å²) in [6, 6.07) is 3.10. The second-order valence-electron chi connectivity index (χ2n) is 3.48. The van der Waals surface area contributed by atoms with Gasteiger partial charge in [0.1, 0.15) is 0 Å². The molecule has 1 aromatic rings.